The summed E-state index contributed by atoms with van der Waals surface area (Å²) in [7, 11) is 0. The maximum absolute atomic E-state index is 13.0. The van der Waals surface area contributed by atoms with E-state index in [2.05, 4.69) is 15.3 Å². The molecule has 2 saturated heterocycles. The molecule has 29 heavy (non-hydrogen) atoms. The van der Waals surface area contributed by atoms with E-state index in [-0.39, 0.29) is 29.2 Å². The van der Waals surface area contributed by atoms with Crippen LogP contribution in [0.4, 0.5) is 10.5 Å². The van der Waals surface area contributed by atoms with E-state index in [1.807, 2.05) is 4.57 Å². The van der Waals surface area contributed by atoms with Crippen molar-refractivity contribution >= 4 is 28.7 Å². The molecule has 146 valence electrons. The van der Waals surface area contributed by atoms with Gasteiger partial charge in [-0.15, -0.1) is 0 Å². The maximum atomic E-state index is 13.0. The predicted molar refractivity (Wildman–Crippen MR) is 104 cm³/mol. The molecule has 9 nitrogen and oxygen atoms in total. The number of amides is 2. The first-order valence-electron chi connectivity index (χ1n) is 9.26. The predicted octanol–water partition coefficient (Wildman–Crippen LogP) is 1.81. The number of anilines is 1. The first-order chi connectivity index (χ1) is 14.1. The summed E-state index contributed by atoms with van der Waals surface area (Å²) in [5, 5.41) is 3.10. The molecule has 0 aromatic carbocycles. The van der Waals surface area contributed by atoms with Gasteiger partial charge in [-0.25, -0.2) is 9.78 Å². The number of pyridine rings is 3. The molecule has 3 aromatic heterocycles. The molecule has 0 spiro atoms. The van der Waals surface area contributed by atoms with Gasteiger partial charge in [-0.1, -0.05) is 0 Å². The van der Waals surface area contributed by atoms with Gasteiger partial charge in [0.25, 0.3) is 5.91 Å². The molecule has 0 radical (unpaired) electrons. The molecule has 1 N–H and O–H groups in total. The number of rotatable bonds is 3. The molecular formula is C20H17N5O4. The third-order valence-electron chi connectivity index (χ3n) is 5.39. The van der Waals surface area contributed by atoms with E-state index in [1.54, 1.807) is 54.0 Å². The molecule has 2 aliphatic rings. The van der Waals surface area contributed by atoms with Crippen LogP contribution in [0, 0.1) is 0 Å². The van der Waals surface area contributed by atoms with Crippen molar-refractivity contribution in [3.8, 4) is 0 Å². The van der Waals surface area contributed by atoms with Crippen molar-refractivity contribution in [3.05, 3.63) is 64.8 Å². The normalized spacial score (nSPS) is 20.6. The summed E-state index contributed by atoms with van der Waals surface area (Å²) < 4.78 is 6.92. The van der Waals surface area contributed by atoms with Gasteiger partial charge in [0.15, 0.2) is 0 Å². The van der Waals surface area contributed by atoms with Gasteiger partial charge in [0, 0.05) is 37.0 Å². The van der Waals surface area contributed by atoms with Crippen LogP contribution in [0.5, 0.6) is 0 Å². The van der Waals surface area contributed by atoms with E-state index in [9.17, 15) is 14.4 Å². The van der Waals surface area contributed by atoms with Crippen molar-refractivity contribution in [3.63, 3.8) is 0 Å². The van der Waals surface area contributed by atoms with Crippen molar-refractivity contribution in [1.29, 1.82) is 0 Å². The second kappa shape index (κ2) is 6.69. The Morgan fingerprint density at radius 2 is 1.97 bits per heavy atom. The molecule has 0 unspecified atom stereocenters. The van der Waals surface area contributed by atoms with E-state index in [0.29, 0.717) is 36.3 Å². The fourth-order valence-corrected chi connectivity index (χ4v) is 3.98. The van der Waals surface area contributed by atoms with Crippen LogP contribution in [-0.2, 0) is 4.74 Å². The summed E-state index contributed by atoms with van der Waals surface area (Å²) >= 11 is 0. The van der Waals surface area contributed by atoms with Crippen molar-refractivity contribution in [2.75, 3.05) is 18.5 Å². The highest BCUT2D eigenvalue weighted by atomic mass is 16.6. The third kappa shape index (κ3) is 2.91. The van der Waals surface area contributed by atoms with Gasteiger partial charge >= 0.3 is 6.09 Å². The minimum absolute atomic E-state index is 0.000199. The van der Waals surface area contributed by atoms with Gasteiger partial charge in [0.1, 0.15) is 17.8 Å². The number of aromatic nitrogens is 3. The second-order valence-electron chi connectivity index (χ2n) is 7.12. The Hall–Kier alpha value is -3.75. The lowest BCUT2D eigenvalue weighted by molar-refractivity contribution is 0.102. The number of fused-ring (bicyclic) bond motifs is 2. The Kier molecular flexibility index (Phi) is 4.01. The number of cyclic esters (lactones) is 1. The molecule has 2 aliphatic heterocycles. The Bertz CT molecular complexity index is 1180. The molecule has 9 heteroatoms. The number of ether oxygens (including phenoxy) is 1. The summed E-state index contributed by atoms with van der Waals surface area (Å²) in [6.45, 7) is 0.805. The van der Waals surface area contributed by atoms with Gasteiger partial charge in [-0.2, -0.15) is 0 Å². The van der Waals surface area contributed by atoms with Crippen LogP contribution in [0.1, 0.15) is 22.8 Å². The topological polar surface area (TPSA) is 106 Å². The summed E-state index contributed by atoms with van der Waals surface area (Å²) in [6, 6.07) is 6.53. The van der Waals surface area contributed by atoms with Crippen LogP contribution in [0.25, 0.3) is 11.0 Å². The quantitative estimate of drug-likeness (QED) is 0.730. The highest BCUT2D eigenvalue weighted by Crippen LogP contribution is 2.33. The van der Waals surface area contributed by atoms with Gasteiger partial charge in [-0.05, 0) is 30.7 Å². The molecule has 2 amide bonds. The van der Waals surface area contributed by atoms with Gasteiger partial charge in [-0.3, -0.25) is 19.5 Å². The van der Waals surface area contributed by atoms with Crippen molar-refractivity contribution in [1.82, 2.24) is 19.4 Å². The molecule has 2 fully saturated rings. The summed E-state index contributed by atoms with van der Waals surface area (Å²) in [5.74, 6) is -0.501. The van der Waals surface area contributed by atoms with Crippen LogP contribution < -0.4 is 10.7 Å². The van der Waals surface area contributed by atoms with E-state index in [1.165, 1.54) is 0 Å². The zero-order chi connectivity index (χ0) is 20.0. The highest BCUT2D eigenvalue weighted by molar-refractivity contribution is 6.05. The Labute approximate surface area is 164 Å². The first kappa shape index (κ1) is 17.4. The van der Waals surface area contributed by atoms with Crippen LogP contribution in [0.3, 0.4) is 0 Å². The molecule has 5 heterocycles. The zero-order valence-electron chi connectivity index (χ0n) is 15.3. The highest BCUT2D eigenvalue weighted by Gasteiger charge is 2.42. The van der Waals surface area contributed by atoms with E-state index in [4.69, 9.17) is 4.74 Å². The number of hydrogen-bond donors (Lipinski definition) is 1. The SMILES string of the molecule is O=C(Nc1ccncc1)c1cn([C@H]2C[C@H]3COC(=O)N3C2)c2ncccc2c1=O. The lowest BCUT2D eigenvalue weighted by atomic mass is 10.1. The van der Waals surface area contributed by atoms with Crippen molar-refractivity contribution in [2.45, 2.75) is 18.5 Å². The van der Waals surface area contributed by atoms with Gasteiger partial charge in [0.05, 0.1) is 17.5 Å². The van der Waals surface area contributed by atoms with Crippen LogP contribution in [0.2, 0.25) is 0 Å². The number of carbonyl (C=O) groups is 2. The Morgan fingerprint density at radius 3 is 2.76 bits per heavy atom. The molecule has 5 rings (SSSR count). The van der Waals surface area contributed by atoms with Crippen LogP contribution in [0.15, 0.2) is 53.8 Å². The summed E-state index contributed by atoms with van der Waals surface area (Å²) in [6.07, 6.45) is 6.62. The van der Waals surface area contributed by atoms with Crippen molar-refractivity contribution in [2.24, 2.45) is 0 Å². The lowest BCUT2D eigenvalue weighted by Gasteiger charge is -2.19. The monoisotopic (exact) mass is 391 g/mol. The molecule has 0 bridgehead atoms. The number of nitrogens with zero attached hydrogens (tertiary/aromatic N) is 4. The molecule has 3 aromatic rings. The Balaban J connectivity index is 1.57. The average molecular weight is 391 g/mol. The van der Waals surface area contributed by atoms with Crippen LogP contribution >= 0.6 is 0 Å². The third-order valence-corrected chi connectivity index (χ3v) is 5.39. The fourth-order valence-electron chi connectivity index (χ4n) is 3.98. The van der Waals surface area contributed by atoms with Gasteiger partial charge < -0.3 is 14.6 Å². The lowest BCUT2D eigenvalue weighted by Crippen LogP contribution is -2.28. The summed E-state index contributed by atoms with van der Waals surface area (Å²) in [5.41, 5.74) is 0.690. The minimum Gasteiger partial charge on any atom is -0.447 e. The molecule has 2 atom stereocenters. The largest absolute Gasteiger partial charge is 0.447 e. The molecule has 0 aliphatic carbocycles. The minimum atomic E-state index is -0.501. The van der Waals surface area contributed by atoms with Gasteiger partial charge in [0.2, 0.25) is 5.43 Å². The van der Waals surface area contributed by atoms with Crippen LogP contribution in [-0.4, -0.2) is 50.6 Å². The van der Waals surface area contributed by atoms with E-state index >= 15 is 0 Å². The fraction of sp³-hybridized carbons (Fsp3) is 0.250. The molecular weight excluding hydrogens is 374 g/mol. The number of hydrogen-bond acceptors (Lipinski definition) is 6. The Morgan fingerprint density at radius 1 is 1.14 bits per heavy atom. The smallest absolute Gasteiger partial charge is 0.410 e. The number of nitrogens with one attached hydrogen (secondary N) is 1. The second-order valence-corrected chi connectivity index (χ2v) is 7.12. The summed E-state index contributed by atoms with van der Waals surface area (Å²) in [4.78, 5) is 47.7. The molecule has 0 saturated carbocycles. The number of carbonyl (C=O) groups excluding carboxylic acids is 2. The van der Waals surface area contributed by atoms with Crippen molar-refractivity contribution < 1.29 is 14.3 Å². The zero-order valence-corrected chi connectivity index (χ0v) is 15.3. The average Bonchev–Trinajstić information content (AvgIpc) is 3.31. The first-order valence-corrected chi connectivity index (χ1v) is 9.26. The maximum Gasteiger partial charge on any atom is 0.410 e. The van der Waals surface area contributed by atoms with E-state index < -0.39 is 5.91 Å². The van der Waals surface area contributed by atoms with E-state index in [0.717, 1.165) is 0 Å². The standard InChI is InChI=1S/C20H17N5O4/c26-17-15-2-1-5-22-18(15)24(13-8-14-11-29-20(28)25(14)9-13)10-16(17)19(27)23-12-3-6-21-7-4-12/h1-7,10,13-14H,8-9,11H2,(H,21,23,27)/t13-,14-/m0/s1.